The lowest BCUT2D eigenvalue weighted by Gasteiger charge is -2.30. The Morgan fingerprint density at radius 1 is 1.16 bits per heavy atom. The van der Waals surface area contributed by atoms with Crippen LogP contribution in [0.3, 0.4) is 0 Å². The molecule has 5 nitrogen and oxygen atoms in total. The number of hydrogen-bond donors (Lipinski definition) is 1. The van der Waals surface area contributed by atoms with E-state index in [9.17, 15) is 12.8 Å². The fraction of sp³-hybridized carbons (Fsp3) is 0.227. The Hall–Kier alpha value is -1.90. The lowest BCUT2D eigenvalue weighted by Crippen LogP contribution is -2.34. The van der Waals surface area contributed by atoms with Gasteiger partial charge in [-0.05, 0) is 42.8 Å². The van der Waals surface area contributed by atoms with Gasteiger partial charge in [-0.2, -0.15) is 5.10 Å². The van der Waals surface area contributed by atoms with Crippen molar-refractivity contribution in [1.82, 2.24) is 4.72 Å². The molecule has 0 saturated carbocycles. The maximum Gasteiger partial charge on any atom is 0.243 e. The predicted molar refractivity (Wildman–Crippen MR) is 128 cm³/mol. The first-order chi connectivity index (χ1) is 15.2. The normalized spacial score (nSPS) is 20.9. The maximum absolute atomic E-state index is 14.0. The monoisotopic (exact) mass is 513 g/mol. The molecule has 0 spiro atoms. The van der Waals surface area contributed by atoms with Crippen molar-refractivity contribution in [3.05, 3.63) is 81.6 Å². The summed E-state index contributed by atoms with van der Waals surface area (Å²) in [6, 6.07) is 10.3. The van der Waals surface area contributed by atoms with Crippen LogP contribution in [0.1, 0.15) is 12.8 Å². The lowest BCUT2D eigenvalue weighted by molar-refractivity contribution is 0.499. The average Bonchev–Trinajstić information content (AvgIpc) is 3.17. The second kappa shape index (κ2) is 9.53. The third kappa shape index (κ3) is 5.02. The van der Waals surface area contributed by atoms with Crippen LogP contribution in [0, 0.1) is 11.7 Å². The van der Waals surface area contributed by atoms with E-state index < -0.39 is 20.7 Å². The number of benzene rings is 2. The third-order valence-electron chi connectivity index (χ3n) is 5.34. The number of anilines is 1. The van der Waals surface area contributed by atoms with Crippen LogP contribution in [-0.4, -0.2) is 26.7 Å². The maximum atomic E-state index is 14.0. The van der Waals surface area contributed by atoms with Crippen LogP contribution in [-0.2, 0) is 10.0 Å². The Balaban J connectivity index is 1.58. The van der Waals surface area contributed by atoms with Crippen LogP contribution in [0.2, 0.25) is 10.0 Å². The Labute approximate surface area is 201 Å². The van der Waals surface area contributed by atoms with Crippen LogP contribution >= 0.6 is 34.8 Å². The number of sulfonamides is 1. The molecule has 2 aliphatic rings. The molecule has 4 rings (SSSR count). The van der Waals surface area contributed by atoms with Crippen LogP contribution in [0.5, 0.6) is 0 Å². The van der Waals surface area contributed by atoms with Crippen LogP contribution < -0.4 is 9.73 Å². The zero-order valence-electron chi connectivity index (χ0n) is 16.7. The molecule has 1 aliphatic heterocycles. The number of halogens is 4. The molecule has 168 valence electrons. The number of nitrogens with zero attached hydrogens (tertiary/aromatic N) is 2. The van der Waals surface area contributed by atoms with Gasteiger partial charge >= 0.3 is 0 Å². The summed E-state index contributed by atoms with van der Waals surface area (Å²) < 4.78 is 41.6. The van der Waals surface area contributed by atoms with E-state index in [1.54, 1.807) is 23.2 Å². The fourth-order valence-corrected chi connectivity index (χ4v) is 5.50. The Kier molecular flexibility index (Phi) is 6.93. The molecule has 0 saturated heterocycles. The molecule has 1 aliphatic carbocycles. The van der Waals surface area contributed by atoms with Crippen molar-refractivity contribution in [2.45, 2.75) is 23.8 Å². The first-order valence-corrected chi connectivity index (χ1v) is 12.4. The van der Waals surface area contributed by atoms with Gasteiger partial charge in [0.05, 0.1) is 29.0 Å². The molecule has 0 amide bonds. The SMILES string of the molecule is O=S(=O)(NCC1=NN(c2ccc(Cl)cc2Cl)C([C@@H]2C=CC(Cl)=CC2)C1)c1ccccc1F. The average molecular weight is 515 g/mol. The number of rotatable bonds is 6. The molecular weight excluding hydrogens is 496 g/mol. The smallest absolute Gasteiger partial charge is 0.243 e. The van der Waals surface area contributed by atoms with E-state index in [1.807, 2.05) is 18.2 Å². The van der Waals surface area contributed by atoms with Crippen molar-refractivity contribution in [3.63, 3.8) is 0 Å². The summed E-state index contributed by atoms with van der Waals surface area (Å²) in [5.41, 5.74) is 1.28. The molecule has 0 bridgehead atoms. The van der Waals surface area contributed by atoms with Gasteiger partial charge in [-0.1, -0.05) is 59.1 Å². The Morgan fingerprint density at radius 3 is 2.62 bits per heavy atom. The molecule has 1 heterocycles. The minimum Gasteiger partial charge on any atom is -0.260 e. The van der Waals surface area contributed by atoms with Crippen LogP contribution in [0.15, 0.2) is 75.7 Å². The molecule has 1 unspecified atom stereocenters. The van der Waals surface area contributed by atoms with Gasteiger partial charge in [0, 0.05) is 22.4 Å². The topological polar surface area (TPSA) is 61.8 Å². The summed E-state index contributed by atoms with van der Waals surface area (Å²) in [5, 5.41) is 8.07. The van der Waals surface area contributed by atoms with Crippen molar-refractivity contribution < 1.29 is 12.8 Å². The van der Waals surface area contributed by atoms with Gasteiger partial charge in [-0.3, -0.25) is 5.01 Å². The van der Waals surface area contributed by atoms with Gasteiger partial charge in [0.25, 0.3) is 0 Å². The van der Waals surface area contributed by atoms with Crippen molar-refractivity contribution in [1.29, 1.82) is 0 Å². The van der Waals surface area contributed by atoms with Crippen molar-refractivity contribution >= 4 is 56.2 Å². The molecule has 2 atom stereocenters. The first-order valence-electron chi connectivity index (χ1n) is 9.83. The molecule has 10 heteroatoms. The van der Waals surface area contributed by atoms with E-state index in [-0.39, 0.29) is 18.5 Å². The summed E-state index contributed by atoms with van der Waals surface area (Å²) in [7, 11) is -4.03. The number of hydrogen-bond acceptors (Lipinski definition) is 4. The highest BCUT2D eigenvalue weighted by atomic mass is 35.5. The molecule has 1 N–H and O–H groups in total. The minimum atomic E-state index is -4.03. The fourth-order valence-electron chi connectivity index (χ4n) is 3.75. The van der Waals surface area contributed by atoms with Crippen LogP contribution in [0.4, 0.5) is 10.1 Å². The van der Waals surface area contributed by atoms with Gasteiger partial charge in [0.15, 0.2) is 0 Å². The largest absolute Gasteiger partial charge is 0.260 e. The third-order valence-corrected chi connectivity index (χ3v) is 7.59. The van der Waals surface area contributed by atoms with Crippen molar-refractivity contribution in [2.75, 3.05) is 11.6 Å². The van der Waals surface area contributed by atoms with Gasteiger partial charge < -0.3 is 0 Å². The van der Waals surface area contributed by atoms with Gasteiger partial charge in [-0.25, -0.2) is 17.5 Å². The molecular formula is C22H19Cl3FN3O2S. The lowest BCUT2D eigenvalue weighted by atomic mass is 9.89. The Morgan fingerprint density at radius 2 is 1.94 bits per heavy atom. The molecule has 2 aromatic carbocycles. The second-order valence-electron chi connectivity index (χ2n) is 7.48. The predicted octanol–water partition coefficient (Wildman–Crippen LogP) is 5.74. The van der Waals surface area contributed by atoms with E-state index in [1.165, 1.54) is 18.2 Å². The number of nitrogens with one attached hydrogen (secondary N) is 1. The van der Waals surface area contributed by atoms with Gasteiger partial charge in [0.1, 0.15) is 10.7 Å². The summed E-state index contributed by atoms with van der Waals surface area (Å²) in [4.78, 5) is -0.400. The zero-order valence-corrected chi connectivity index (χ0v) is 19.8. The molecule has 0 aromatic heterocycles. The van der Waals surface area contributed by atoms with E-state index in [4.69, 9.17) is 34.8 Å². The minimum absolute atomic E-state index is 0.0537. The van der Waals surface area contributed by atoms with Gasteiger partial charge in [0.2, 0.25) is 10.0 Å². The highest BCUT2D eigenvalue weighted by Gasteiger charge is 2.35. The van der Waals surface area contributed by atoms with E-state index in [2.05, 4.69) is 9.82 Å². The first kappa shape index (κ1) is 23.3. The molecule has 0 fully saturated rings. The van der Waals surface area contributed by atoms with E-state index >= 15 is 0 Å². The van der Waals surface area contributed by atoms with E-state index in [0.29, 0.717) is 39.3 Å². The zero-order chi connectivity index (χ0) is 22.9. The van der Waals surface area contributed by atoms with Crippen LogP contribution in [0.25, 0.3) is 0 Å². The molecule has 32 heavy (non-hydrogen) atoms. The highest BCUT2D eigenvalue weighted by Crippen LogP contribution is 2.37. The summed E-state index contributed by atoms with van der Waals surface area (Å²) in [6.45, 7) is -0.0537. The van der Waals surface area contributed by atoms with E-state index in [0.717, 1.165) is 6.07 Å². The summed E-state index contributed by atoms with van der Waals surface area (Å²) in [5.74, 6) is -0.717. The highest BCUT2D eigenvalue weighted by molar-refractivity contribution is 7.89. The number of hydrazone groups is 1. The summed E-state index contributed by atoms with van der Waals surface area (Å²) in [6.07, 6.45) is 7.01. The summed E-state index contributed by atoms with van der Waals surface area (Å²) >= 11 is 18.6. The molecule has 0 radical (unpaired) electrons. The molecule has 2 aromatic rings. The quantitative estimate of drug-likeness (QED) is 0.534. The van der Waals surface area contributed by atoms with Gasteiger partial charge in [-0.15, -0.1) is 0 Å². The Bertz CT molecular complexity index is 1230. The van der Waals surface area contributed by atoms with Crippen molar-refractivity contribution in [3.8, 4) is 0 Å². The van der Waals surface area contributed by atoms with Crippen molar-refractivity contribution in [2.24, 2.45) is 11.0 Å². The second-order valence-corrected chi connectivity index (χ2v) is 10.5. The number of allylic oxidation sites excluding steroid dienone is 3. The standard InChI is InChI=1S/C22H19Cl3FN3O2S/c23-15-7-5-14(6-8-15)21-12-17(28-29(21)20-10-9-16(24)11-18(20)25)13-27-32(30,31)22-4-2-1-3-19(22)26/h1-5,7-11,14,21,27H,6,12-13H2/t14-,21?/m1/s1.